The summed E-state index contributed by atoms with van der Waals surface area (Å²) >= 11 is 6.47. The van der Waals surface area contributed by atoms with Crippen molar-refractivity contribution in [3.8, 4) is 5.75 Å². The van der Waals surface area contributed by atoms with E-state index in [-0.39, 0.29) is 11.5 Å². The van der Waals surface area contributed by atoms with E-state index in [1.165, 1.54) is 24.0 Å². The molecule has 4 aliphatic rings. The first-order chi connectivity index (χ1) is 12.6. The lowest BCUT2D eigenvalue weighted by Gasteiger charge is -2.61. The molecule has 1 unspecified atom stereocenters. The zero-order valence-corrected chi connectivity index (χ0v) is 16.3. The highest BCUT2D eigenvalue weighted by atomic mass is 35.5. The van der Waals surface area contributed by atoms with Crippen LogP contribution in [0.15, 0.2) is 12.1 Å². The van der Waals surface area contributed by atoms with Crippen LogP contribution in [0.25, 0.3) is 0 Å². The fourth-order valence-corrected chi connectivity index (χ4v) is 6.27. The lowest BCUT2D eigenvalue weighted by molar-refractivity contribution is -0.148. The molecule has 1 aromatic rings. The van der Waals surface area contributed by atoms with Gasteiger partial charge in [0.05, 0.1) is 17.7 Å². The van der Waals surface area contributed by atoms with E-state index in [1.54, 1.807) is 7.11 Å². The molecule has 2 bridgehead atoms. The van der Waals surface area contributed by atoms with Gasteiger partial charge in [0, 0.05) is 18.0 Å². The van der Waals surface area contributed by atoms with Crippen molar-refractivity contribution in [1.82, 2.24) is 10.2 Å². The van der Waals surface area contributed by atoms with Crippen LogP contribution in [0.1, 0.15) is 43.2 Å². The summed E-state index contributed by atoms with van der Waals surface area (Å²) in [6.07, 6.45) is 6.43. The number of benzene rings is 1. The van der Waals surface area contributed by atoms with Gasteiger partial charge in [0.15, 0.2) is 0 Å². The third-order valence-corrected chi connectivity index (χ3v) is 7.85. The minimum absolute atomic E-state index is 0.188. The lowest BCUT2D eigenvalue weighted by atomic mass is 9.52. The average molecular weight is 377 g/mol. The van der Waals surface area contributed by atoms with Crippen LogP contribution in [0, 0.1) is 5.92 Å². The van der Waals surface area contributed by atoms with Crippen molar-refractivity contribution in [3.05, 3.63) is 28.3 Å². The van der Waals surface area contributed by atoms with E-state index in [0.29, 0.717) is 5.02 Å². The van der Waals surface area contributed by atoms with Gasteiger partial charge >= 0.3 is 0 Å². The second kappa shape index (κ2) is 6.10. The van der Waals surface area contributed by atoms with Gasteiger partial charge in [0.25, 0.3) is 0 Å². The highest BCUT2D eigenvalue weighted by Crippen LogP contribution is 2.56. The van der Waals surface area contributed by atoms with Gasteiger partial charge in [-0.3, -0.25) is 4.90 Å². The number of hydrogen-bond acceptors (Lipinski definition) is 4. The van der Waals surface area contributed by atoms with Crippen LogP contribution in [-0.4, -0.2) is 54.9 Å². The standard InChI is InChI=1S/C21H29ClN2O2/c1-26-18-12-16-15(10-17(18)22)11-19-21(25)5-8-23-7-4-20(16,21)6-9-24(19)13-14-2-3-14/h10,12,14,19,23,25H,2-9,11,13H2,1H3/t19?,20-,21+/m0/s1. The molecule has 5 rings (SSSR count). The Bertz CT molecular complexity index is 722. The number of aliphatic hydroxyl groups is 1. The van der Waals surface area contributed by atoms with Crippen molar-refractivity contribution in [2.24, 2.45) is 5.92 Å². The van der Waals surface area contributed by atoms with Crippen molar-refractivity contribution in [3.63, 3.8) is 0 Å². The predicted octanol–water partition coefficient (Wildman–Crippen LogP) is 2.74. The summed E-state index contributed by atoms with van der Waals surface area (Å²) in [5.41, 5.74) is 1.74. The Labute approximate surface area is 160 Å². The van der Waals surface area contributed by atoms with Gasteiger partial charge in [-0.2, -0.15) is 0 Å². The first-order valence-electron chi connectivity index (χ1n) is 10.1. The topological polar surface area (TPSA) is 44.7 Å². The fraction of sp³-hybridized carbons (Fsp3) is 0.714. The Kier molecular flexibility index (Phi) is 4.06. The molecule has 2 heterocycles. The zero-order valence-electron chi connectivity index (χ0n) is 15.6. The smallest absolute Gasteiger partial charge is 0.137 e. The quantitative estimate of drug-likeness (QED) is 0.851. The molecule has 3 atom stereocenters. The number of nitrogens with zero attached hydrogens (tertiary/aromatic N) is 1. The maximum atomic E-state index is 12.2. The summed E-state index contributed by atoms with van der Waals surface area (Å²) < 4.78 is 5.53. The molecule has 5 heteroatoms. The van der Waals surface area contributed by atoms with Crippen LogP contribution in [0.3, 0.4) is 0 Å². The number of halogens is 1. The van der Waals surface area contributed by atoms with Crippen molar-refractivity contribution < 1.29 is 9.84 Å². The van der Waals surface area contributed by atoms with E-state index in [2.05, 4.69) is 22.3 Å². The molecule has 142 valence electrons. The normalized spacial score (nSPS) is 36.8. The van der Waals surface area contributed by atoms with Gasteiger partial charge in [0.1, 0.15) is 5.75 Å². The molecule has 3 fully saturated rings. The third kappa shape index (κ3) is 2.39. The highest BCUT2D eigenvalue weighted by molar-refractivity contribution is 6.32. The first kappa shape index (κ1) is 17.3. The van der Waals surface area contributed by atoms with E-state index in [1.807, 2.05) is 0 Å². The Morgan fingerprint density at radius 1 is 1.27 bits per heavy atom. The maximum absolute atomic E-state index is 12.2. The van der Waals surface area contributed by atoms with Gasteiger partial charge in [-0.1, -0.05) is 11.6 Å². The van der Waals surface area contributed by atoms with E-state index < -0.39 is 5.60 Å². The van der Waals surface area contributed by atoms with Gasteiger partial charge in [0.2, 0.25) is 0 Å². The number of piperidine rings is 1. The lowest BCUT2D eigenvalue weighted by Crippen LogP contribution is -2.71. The number of rotatable bonds is 3. The summed E-state index contributed by atoms with van der Waals surface area (Å²) in [6, 6.07) is 4.43. The summed E-state index contributed by atoms with van der Waals surface area (Å²) in [7, 11) is 1.68. The van der Waals surface area contributed by atoms with Gasteiger partial charge in [-0.15, -0.1) is 0 Å². The SMILES string of the molecule is COc1cc2c(cc1Cl)CC1N(CC3CC3)CC[C@@]23CCNCC[C@@]13O. The maximum Gasteiger partial charge on any atom is 0.137 e. The molecule has 0 radical (unpaired) electrons. The minimum Gasteiger partial charge on any atom is -0.495 e. The second-order valence-corrected chi connectivity index (χ2v) is 9.22. The van der Waals surface area contributed by atoms with Gasteiger partial charge in [-0.25, -0.2) is 0 Å². The van der Waals surface area contributed by atoms with E-state index >= 15 is 0 Å². The molecule has 2 aliphatic heterocycles. The molecule has 2 saturated heterocycles. The number of methoxy groups -OCH3 is 1. The number of fused-ring (bicyclic) bond motifs is 1. The van der Waals surface area contributed by atoms with Crippen molar-refractivity contribution in [2.75, 3.05) is 33.3 Å². The van der Waals surface area contributed by atoms with Crippen LogP contribution < -0.4 is 10.1 Å². The molecule has 4 nitrogen and oxygen atoms in total. The summed E-state index contributed by atoms with van der Waals surface area (Å²) in [5, 5.41) is 16.4. The molecule has 0 amide bonds. The summed E-state index contributed by atoms with van der Waals surface area (Å²) in [4.78, 5) is 2.60. The highest BCUT2D eigenvalue weighted by Gasteiger charge is 2.62. The molecule has 2 N–H and O–H groups in total. The molecular formula is C21H29ClN2O2. The molecule has 1 saturated carbocycles. The molecular weight excluding hydrogens is 348 g/mol. The number of hydrogen-bond donors (Lipinski definition) is 2. The Hall–Kier alpha value is -0.810. The average Bonchev–Trinajstić information content (AvgIpc) is 3.44. The Balaban J connectivity index is 1.66. The number of ether oxygens (including phenoxy) is 1. The van der Waals surface area contributed by atoms with Crippen LogP contribution >= 0.6 is 11.6 Å². The summed E-state index contributed by atoms with van der Waals surface area (Å²) in [6.45, 7) is 4.09. The van der Waals surface area contributed by atoms with Crippen molar-refractivity contribution in [1.29, 1.82) is 0 Å². The molecule has 0 spiro atoms. The summed E-state index contributed by atoms with van der Waals surface area (Å²) in [5.74, 6) is 1.58. The Morgan fingerprint density at radius 2 is 2.08 bits per heavy atom. The van der Waals surface area contributed by atoms with E-state index in [9.17, 15) is 5.11 Å². The monoisotopic (exact) mass is 376 g/mol. The first-order valence-corrected chi connectivity index (χ1v) is 10.5. The van der Waals surface area contributed by atoms with Crippen LogP contribution in [0.4, 0.5) is 0 Å². The second-order valence-electron chi connectivity index (χ2n) is 8.81. The molecule has 0 aromatic heterocycles. The van der Waals surface area contributed by atoms with Crippen LogP contribution in [0.5, 0.6) is 5.75 Å². The predicted molar refractivity (Wildman–Crippen MR) is 103 cm³/mol. The van der Waals surface area contributed by atoms with Gasteiger partial charge < -0.3 is 15.2 Å². The van der Waals surface area contributed by atoms with Crippen LogP contribution in [-0.2, 0) is 11.8 Å². The van der Waals surface area contributed by atoms with Gasteiger partial charge in [-0.05, 0) is 87.3 Å². The van der Waals surface area contributed by atoms with E-state index in [0.717, 1.165) is 63.5 Å². The fourth-order valence-electron chi connectivity index (χ4n) is 6.01. The zero-order chi connectivity index (χ0) is 17.9. The Morgan fingerprint density at radius 3 is 2.85 bits per heavy atom. The van der Waals surface area contributed by atoms with Crippen molar-refractivity contribution >= 4 is 11.6 Å². The van der Waals surface area contributed by atoms with Crippen LogP contribution in [0.2, 0.25) is 5.02 Å². The minimum atomic E-state index is -0.671. The number of nitrogens with one attached hydrogen (secondary N) is 1. The largest absolute Gasteiger partial charge is 0.495 e. The molecule has 1 aromatic carbocycles. The van der Waals surface area contributed by atoms with Crippen molar-refractivity contribution in [2.45, 2.75) is 55.6 Å². The molecule has 26 heavy (non-hydrogen) atoms. The van der Waals surface area contributed by atoms with E-state index in [4.69, 9.17) is 16.3 Å². The molecule has 2 aliphatic carbocycles. The third-order valence-electron chi connectivity index (χ3n) is 7.55. The number of likely N-dealkylation sites (tertiary alicyclic amines) is 1.